The highest BCUT2D eigenvalue weighted by Crippen LogP contribution is 2.44. The molecule has 11 heteroatoms. The predicted molar refractivity (Wildman–Crippen MR) is 184 cm³/mol. The third-order valence-electron chi connectivity index (χ3n) is 10.4. The normalized spacial score (nSPS) is 20.7. The number of pyridine rings is 1. The lowest BCUT2D eigenvalue weighted by Gasteiger charge is -2.27. The molecule has 1 saturated heterocycles. The largest absolute Gasteiger partial charge is 0.494 e. The van der Waals surface area contributed by atoms with Crippen molar-refractivity contribution in [2.24, 2.45) is 24.8 Å². The number of amides is 1. The smallest absolute Gasteiger partial charge is 0.254 e. The zero-order valence-electron chi connectivity index (χ0n) is 26.8. The number of nitrogens with one attached hydrogen (secondary N) is 1. The molecule has 3 fully saturated rings. The second-order valence-electron chi connectivity index (χ2n) is 13.3. The molecule has 1 N–H and O–H groups in total. The summed E-state index contributed by atoms with van der Waals surface area (Å²) in [6, 6.07) is 17.4. The number of methoxy groups -OCH3 is 1. The number of ether oxygens (including phenoxy) is 1. The number of imidazole rings is 1. The number of piperidine rings is 1. The first-order chi connectivity index (χ1) is 22.6. The van der Waals surface area contributed by atoms with Gasteiger partial charge < -0.3 is 18.8 Å². The van der Waals surface area contributed by atoms with E-state index < -0.39 is 10.0 Å². The number of rotatable bonds is 9. The van der Waals surface area contributed by atoms with Crippen LogP contribution in [-0.2, 0) is 23.6 Å². The number of hydrogen-bond acceptors (Lipinski definition) is 6. The zero-order chi connectivity index (χ0) is 32.6. The number of fused-ring (bicyclic) bond motifs is 4. The third-order valence-corrected chi connectivity index (χ3v) is 11.4. The van der Waals surface area contributed by atoms with Crippen molar-refractivity contribution in [3.63, 3.8) is 0 Å². The van der Waals surface area contributed by atoms with E-state index in [1.807, 2.05) is 31.3 Å². The molecule has 242 valence electrons. The molecule has 2 saturated carbocycles. The fraction of sp³-hybridized carbons (Fsp3) is 0.361. The Morgan fingerprint density at radius 3 is 2.62 bits per heavy atom. The molecule has 1 amide bonds. The number of benzene rings is 2. The Morgan fingerprint density at radius 1 is 1.09 bits per heavy atom. The summed E-state index contributed by atoms with van der Waals surface area (Å²) in [5.74, 6) is 3.16. The molecule has 3 aromatic heterocycles. The van der Waals surface area contributed by atoms with Crippen LogP contribution in [0.5, 0.6) is 5.75 Å². The first-order valence-electron chi connectivity index (χ1n) is 16.3. The zero-order valence-corrected chi connectivity index (χ0v) is 27.6. The van der Waals surface area contributed by atoms with Gasteiger partial charge in [0, 0.05) is 53.8 Å². The minimum atomic E-state index is -3.63. The van der Waals surface area contributed by atoms with Gasteiger partial charge >= 0.3 is 0 Å². The van der Waals surface area contributed by atoms with Crippen molar-refractivity contribution in [2.75, 3.05) is 18.4 Å². The van der Waals surface area contributed by atoms with Crippen molar-refractivity contribution in [3.8, 4) is 28.5 Å². The lowest BCUT2D eigenvalue weighted by molar-refractivity contribution is 0.0696. The van der Waals surface area contributed by atoms with E-state index in [1.165, 1.54) is 19.3 Å². The van der Waals surface area contributed by atoms with Crippen LogP contribution in [0.1, 0.15) is 43.0 Å². The van der Waals surface area contributed by atoms with Gasteiger partial charge in [0.25, 0.3) is 15.9 Å². The quantitative estimate of drug-likeness (QED) is 0.197. The molecule has 8 rings (SSSR count). The molecule has 2 aliphatic carbocycles. The highest BCUT2D eigenvalue weighted by atomic mass is 32.2. The number of aryl methyl sites for hydroxylation is 1. The molecular formula is C36H38N6O4S. The number of sulfonamides is 1. The van der Waals surface area contributed by atoms with E-state index in [9.17, 15) is 13.2 Å². The number of carbonyl (C=O) groups excluding carboxylic acids is 1. The molecule has 2 unspecified atom stereocenters. The van der Waals surface area contributed by atoms with E-state index in [4.69, 9.17) is 14.7 Å². The molecule has 0 radical (unpaired) electrons. The van der Waals surface area contributed by atoms with E-state index >= 15 is 0 Å². The van der Waals surface area contributed by atoms with Crippen molar-refractivity contribution in [3.05, 3.63) is 72.1 Å². The third kappa shape index (κ3) is 5.08. The maximum atomic E-state index is 13.8. The molecule has 5 aromatic rings. The Morgan fingerprint density at radius 2 is 1.91 bits per heavy atom. The highest BCUT2D eigenvalue weighted by molar-refractivity contribution is 7.95. The summed E-state index contributed by atoms with van der Waals surface area (Å²) in [6.07, 6.45) is 4.62. The summed E-state index contributed by atoms with van der Waals surface area (Å²) >= 11 is 0. The SMILES string of the molecule is C=CS(=O)(=O)Nc1cccc(-c2ccc3cc(-c4nc5cc(C(=O)N6CC7CCC6[C@@H]7C)cc(OC)c5n4C)n(CC4CC4)c3n2)c1. The summed E-state index contributed by atoms with van der Waals surface area (Å²) in [6.45, 7) is 7.29. The monoisotopic (exact) mass is 650 g/mol. The number of aromatic nitrogens is 4. The number of carbonyl (C=O) groups is 1. The van der Waals surface area contributed by atoms with Crippen molar-refractivity contribution in [1.29, 1.82) is 0 Å². The van der Waals surface area contributed by atoms with Crippen LogP contribution in [0.2, 0.25) is 0 Å². The van der Waals surface area contributed by atoms with Crippen LogP contribution in [-0.4, -0.2) is 58.0 Å². The van der Waals surface area contributed by atoms with Gasteiger partial charge in [0.05, 0.1) is 24.0 Å². The number of nitrogens with zero attached hydrogens (tertiary/aromatic N) is 5. The van der Waals surface area contributed by atoms with E-state index in [1.54, 1.807) is 25.3 Å². The number of hydrogen-bond donors (Lipinski definition) is 1. The maximum Gasteiger partial charge on any atom is 0.254 e. The summed E-state index contributed by atoms with van der Waals surface area (Å²) < 4.78 is 36.9. The van der Waals surface area contributed by atoms with Gasteiger partial charge in [-0.2, -0.15) is 0 Å². The van der Waals surface area contributed by atoms with Crippen LogP contribution in [0.15, 0.2) is 66.6 Å². The van der Waals surface area contributed by atoms with Crippen molar-refractivity contribution < 1.29 is 17.9 Å². The fourth-order valence-electron chi connectivity index (χ4n) is 7.69. The van der Waals surface area contributed by atoms with Gasteiger partial charge in [-0.25, -0.2) is 18.4 Å². The Labute approximate surface area is 274 Å². The van der Waals surface area contributed by atoms with Gasteiger partial charge in [0.2, 0.25) is 0 Å². The van der Waals surface area contributed by atoms with Crippen LogP contribution in [0.25, 0.3) is 44.8 Å². The minimum Gasteiger partial charge on any atom is -0.494 e. The number of likely N-dealkylation sites (tertiary alicyclic amines) is 1. The second-order valence-corrected chi connectivity index (χ2v) is 15.0. The first-order valence-corrected chi connectivity index (χ1v) is 17.8. The van der Waals surface area contributed by atoms with Crippen LogP contribution in [0.4, 0.5) is 5.69 Å². The standard InChI is InChI=1S/C36H38N6O4S/c1-5-47(44,45)39-27-8-6-7-23(15-27)28-13-11-24-17-31(41(34(24)37-28)19-22-9-10-22)35-38-29-16-26(18-32(46-4)33(29)40(35)3)36(43)42-20-25-12-14-30(42)21(25)2/h5-8,11,13,15-18,21-22,25,30,39H,1,9-10,12,14,19-20H2,2-4H3/t21-,25?,30?/m1/s1. The van der Waals surface area contributed by atoms with Crippen LogP contribution in [0.3, 0.4) is 0 Å². The van der Waals surface area contributed by atoms with Crippen molar-refractivity contribution in [2.45, 2.75) is 45.2 Å². The molecule has 1 aliphatic heterocycles. The molecule has 4 heterocycles. The average molecular weight is 651 g/mol. The first kappa shape index (κ1) is 29.7. The maximum absolute atomic E-state index is 13.8. The average Bonchev–Trinajstić information content (AvgIpc) is 3.47. The fourth-order valence-corrected chi connectivity index (χ4v) is 8.23. The number of anilines is 1. The van der Waals surface area contributed by atoms with Gasteiger partial charge in [-0.05, 0) is 85.9 Å². The molecular weight excluding hydrogens is 613 g/mol. The van der Waals surface area contributed by atoms with Gasteiger partial charge in [0.15, 0.2) is 5.82 Å². The summed E-state index contributed by atoms with van der Waals surface area (Å²) in [4.78, 5) is 26.1. The molecule has 10 nitrogen and oxygen atoms in total. The van der Waals surface area contributed by atoms with Gasteiger partial charge in [-0.3, -0.25) is 9.52 Å². The van der Waals surface area contributed by atoms with E-state index in [2.05, 4.69) is 44.4 Å². The molecule has 3 atom stereocenters. The Bertz CT molecular complexity index is 2200. The molecule has 47 heavy (non-hydrogen) atoms. The van der Waals surface area contributed by atoms with E-state index in [-0.39, 0.29) is 5.91 Å². The molecule has 2 aromatic carbocycles. The van der Waals surface area contributed by atoms with Crippen LogP contribution in [0, 0.1) is 17.8 Å². The van der Waals surface area contributed by atoms with Gasteiger partial charge in [0.1, 0.15) is 16.9 Å². The lowest BCUT2D eigenvalue weighted by atomic mass is 10.0. The second kappa shape index (κ2) is 11.0. The molecule has 0 spiro atoms. The van der Waals surface area contributed by atoms with Crippen LogP contribution >= 0.6 is 0 Å². The Hall–Kier alpha value is -4.64. The minimum absolute atomic E-state index is 0.0531. The molecule has 3 aliphatic rings. The summed E-state index contributed by atoms with van der Waals surface area (Å²) in [5.41, 5.74) is 5.93. The summed E-state index contributed by atoms with van der Waals surface area (Å²) in [5, 5.41) is 1.88. The van der Waals surface area contributed by atoms with Gasteiger partial charge in [-0.1, -0.05) is 25.6 Å². The van der Waals surface area contributed by atoms with Crippen molar-refractivity contribution >= 4 is 43.7 Å². The van der Waals surface area contributed by atoms with Crippen molar-refractivity contribution in [1.82, 2.24) is 24.0 Å². The van der Waals surface area contributed by atoms with E-state index in [0.717, 1.165) is 69.8 Å². The highest BCUT2D eigenvalue weighted by Gasteiger charge is 2.46. The lowest BCUT2D eigenvalue weighted by Crippen LogP contribution is -2.38. The topological polar surface area (TPSA) is 111 Å². The van der Waals surface area contributed by atoms with Gasteiger partial charge in [-0.15, -0.1) is 0 Å². The Kier molecular flexibility index (Phi) is 6.94. The Balaban J connectivity index is 1.21. The summed E-state index contributed by atoms with van der Waals surface area (Å²) in [7, 11) is -0.00238. The van der Waals surface area contributed by atoms with E-state index in [0.29, 0.717) is 40.8 Å². The predicted octanol–water partition coefficient (Wildman–Crippen LogP) is 6.43. The van der Waals surface area contributed by atoms with Crippen LogP contribution < -0.4 is 9.46 Å². The molecule has 2 bridgehead atoms.